The van der Waals surface area contributed by atoms with E-state index in [0.29, 0.717) is 12.3 Å². The molecule has 0 amide bonds. The predicted octanol–water partition coefficient (Wildman–Crippen LogP) is 3.06. The fourth-order valence-electron chi connectivity index (χ4n) is 4.61. The van der Waals surface area contributed by atoms with Crippen molar-refractivity contribution in [1.29, 1.82) is 0 Å². The lowest BCUT2D eigenvalue weighted by Gasteiger charge is -2.40. The molecule has 156 valence electrons. The van der Waals surface area contributed by atoms with Crippen molar-refractivity contribution < 1.29 is 20.4 Å². The molecule has 0 heterocycles. The first kappa shape index (κ1) is 20.9. The first-order valence-electron chi connectivity index (χ1n) is 10.4. The van der Waals surface area contributed by atoms with Crippen molar-refractivity contribution in [3.63, 3.8) is 0 Å². The van der Waals surface area contributed by atoms with E-state index in [4.69, 9.17) is 0 Å². The van der Waals surface area contributed by atoms with E-state index in [0.717, 1.165) is 12.0 Å². The maximum absolute atomic E-state index is 10.6. The Balaban J connectivity index is 1.63. The van der Waals surface area contributed by atoms with Crippen LogP contribution in [0, 0.1) is 5.92 Å². The molecule has 29 heavy (non-hydrogen) atoms. The lowest BCUT2D eigenvalue weighted by molar-refractivity contribution is -0.127. The van der Waals surface area contributed by atoms with Gasteiger partial charge in [-0.15, -0.1) is 11.8 Å². The Hall–Kier alpha value is -1.37. The summed E-state index contributed by atoms with van der Waals surface area (Å²) in [7, 11) is 0. The van der Waals surface area contributed by atoms with Crippen molar-refractivity contribution in [2.45, 2.75) is 60.7 Å². The molecule has 2 aromatic carbocycles. The molecule has 2 fully saturated rings. The van der Waals surface area contributed by atoms with Crippen molar-refractivity contribution in [1.82, 2.24) is 0 Å². The lowest BCUT2D eigenvalue weighted by atomic mass is 9.72. The molecule has 0 spiro atoms. The molecule has 4 rings (SSSR count). The van der Waals surface area contributed by atoms with Crippen LogP contribution in [-0.4, -0.2) is 51.6 Å². The molecule has 2 saturated carbocycles. The SMILES string of the molecule is CSc1ccc(Cc2cc([C@@H]3C[C@H](CO)[C@@H](O)[C@H](O)[C@H]3O)ccc2C2CC2)cc1. The van der Waals surface area contributed by atoms with Gasteiger partial charge in [0.2, 0.25) is 0 Å². The van der Waals surface area contributed by atoms with Crippen molar-refractivity contribution >= 4 is 11.8 Å². The molecule has 0 unspecified atom stereocenters. The van der Waals surface area contributed by atoms with E-state index >= 15 is 0 Å². The molecule has 2 aliphatic carbocycles. The number of aliphatic hydroxyl groups excluding tert-OH is 4. The van der Waals surface area contributed by atoms with E-state index in [1.165, 1.54) is 34.4 Å². The Bertz CT molecular complexity index is 831. The number of hydrogen-bond donors (Lipinski definition) is 4. The summed E-state index contributed by atoms with van der Waals surface area (Å²) in [6.07, 6.45) is 2.45. The number of aliphatic hydroxyl groups is 4. The lowest BCUT2D eigenvalue weighted by Crippen LogP contribution is -2.51. The molecular weight excluding hydrogens is 384 g/mol. The fourth-order valence-corrected chi connectivity index (χ4v) is 5.01. The van der Waals surface area contributed by atoms with Gasteiger partial charge in [0, 0.05) is 23.3 Å². The summed E-state index contributed by atoms with van der Waals surface area (Å²) >= 11 is 1.73. The molecule has 0 saturated heterocycles. The third kappa shape index (κ3) is 4.39. The maximum atomic E-state index is 10.6. The van der Waals surface area contributed by atoms with Gasteiger partial charge in [-0.2, -0.15) is 0 Å². The Morgan fingerprint density at radius 3 is 2.28 bits per heavy atom. The van der Waals surface area contributed by atoms with E-state index in [-0.39, 0.29) is 12.5 Å². The van der Waals surface area contributed by atoms with Crippen LogP contribution in [-0.2, 0) is 6.42 Å². The molecule has 0 aliphatic heterocycles. The topological polar surface area (TPSA) is 80.9 Å². The van der Waals surface area contributed by atoms with Gasteiger partial charge in [-0.1, -0.05) is 30.3 Å². The molecule has 2 aliphatic rings. The fraction of sp³-hybridized carbons (Fsp3) is 0.500. The third-order valence-electron chi connectivity index (χ3n) is 6.55. The highest BCUT2D eigenvalue weighted by molar-refractivity contribution is 7.98. The van der Waals surface area contributed by atoms with Gasteiger partial charge in [-0.25, -0.2) is 0 Å². The van der Waals surface area contributed by atoms with Crippen LogP contribution in [0.3, 0.4) is 0 Å². The summed E-state index contributed by atoms with van der Waals surface area (Å²) in [5.41, 5.74) is 4.89. The quantitative estimate of drug-likeness (QED) is 0.547. The summed E-state index contributed by atoms with van der Waals surface area (Å²) < 4.78 is 0. The standard InChI is InChI=1S/C24H30O4S/c1-29-19-7-2-14(3-8-19)10-17-11-16(6-9-20(17)15-4-5-15)21-12-18(13-25)22(26)24(28)23(21)27/h2-3,6-9,11,15,18,21-28H,4-5,10,12-13H2,1H3/t18-,21+,22-,23+,24+/m1/s1. The van der Waals surface area contributed by atoms with Crippen LogP contribution in [0.25, 0.3) is 0 Å². The zero-order valence-electron chi connectivity index (χ0n) is 16.7. The second-order valence-corrected chi connectivity index (χ2v) is 9.39. The van der Waals surface area contributed by atoms with Gasteiger partial charge in [-0.3, -0.25) is 0 Å². The van der Waals surface area contributed by atoms with Gasteiger partial charge in [0.1, 0.15) is 6.10 Å². The molecule has 2 aromatic rings. The maximum Gasteiger partial charge on any atom is 0.107 e. The zero-order valence-corrected chi connectivity index (χ0v) is 17.6. The average molecular weight is 415 g/mol. The number of rotatable bonds is 6. The molecule has 4 nitrogen and oxygen atoms in total. The van der Waals surface area contributed by atoms with Crippen molar-refractivity contribution in [2.24, 2.45) is 5.92 Å². The van der Waals surface area contributed by atoms with Crippen molar-refractivity contribution in [3.8, 4) is 0 Å². The second kappa shape index (κ2) is 8.78. The van der Waals surface area contributed by atoms with Crippen molar-refractivity contribution in [2.75, 3.05) is 12.9 Å². The third-order valence-corrected chi connectivity index (χ3v) is 7.30. The monoisotopic (exact) mass is 414 g/mol. The van der Waals surface area contributed by atoms with Crippen molar-refractivity contribution in [3.05, 3.63) is 64.7 Å². The summed E-state index contributed by atoms with van der Waals surface area (Å²) in [6.45, 7) is -0.198. The van der Waals surface area contributed by atoms with E-state index in [2.05, 4.69) is 48.7 Å². The molecule has 0 radical (unpaired) electrons. The largest absolute Gasteiger partial charge is 0.396 e. The first-order chi connectivity index (χ1) is 14.0. The first-order valence-corrected chi connectivity index (χ1v) is 11.6. The van der Waals surface area contributed by atoms with Crippen LogP contribution in [0.5, 0.6) is 0 Å². The van der Waals surface area contributed by atoms with Crippen LogP contribution in [0.15, 0.2) is 47.4 Å². The summed E-state index contributed by atoms with van der Waals surface area (Å²) in [5.74, 6) is -0.0983. The van der Waals surface area contributed by atoms with Crippen LogP contribution < -0.4 is 0 Å². The summed E-state index contributed by atoms with van der Waals surface area (Å²) in [6, 6.07) is 15.0. The smallest absolute Gasteiger partial charge is 0.107 e. The highest BCUT2D eigenvalue weighted by Crippen LogP contribution is 2.44. The molecule has 0 bridgehead atoms. The normalized spacial score (nSPS) is 29.8. The van der Waals surface area contributed by atoms with Gasteiger partial charge in [-0.05, 0) is 72.2 Å². The second-order valence-electron chi connectivity index (χ2n) is 8.51. The Morgan fingerprint density at radius 2 is 1.66 bits per heavy atom. The Labute approximate surface area is 176 Å². The van der Waals surface area contributed by atoms with Crippen LogP contribution in [0.4, 0.5) is 0 Å². The highest BCUT2D eigenvalue weighted by atomic mass is 32.2. The summed E-state index contributed by atoms with van der Waals surface area (Å²) in [5, 5.41) is 40.6. The predicted molar refractivity (Wildman–Crippen MR) is 115 cm³/mol. The molecule has 5 atom stereocenters. The molecule has 0 aromatic heterocycles. The Morgan fingerprint density at radius 1 is 0.931 bits per heavy atom. The summed E-state index contributed by atoms with van der Waals surface area (Å²) in [4.78, 5) is 1.25. The number of hydrogen-bond acceptors (Lipinski definition) is 5. The number of benzene rings is 2. The van der Waals surface area contributed by atoms with Gasteiger partial charge in [0.25, 0.3) is 0 Å². The minimum atomic E-state index is -1.24. The minimum absolute atomic E-state index is 0.198. The van der Waals surface area contributed by atoms with Gasteiger partial charge in [0.15, 0.2) is 0 Å². The number of thioether (sulfide) groups is 1. The average Bonchev–Trinajstić information content (AvgIpc) is 3.58. The minimum Gasteiger partial charge on any atom is -0.396 e. The van der Waals surface area contributed by atoms with E-state index in [9.17, 15) is 20.4 Å². The van der Waals surface area contributed by atoms with Crippen LogP contribution in [0.1, 0.15) is 53.4 Å². The van der Waals surface area contributed by atoms with E-state index in [1.807, 2.05) is 0 Å². The Kier molecular flexibility index (Phi) is 6.32. The van der Waals surface area contributed by atoms with Crippen LogP contribution in [0.2, 0.25) is 0 Å². The van der Waals surface area contributed by atoms with E-state index in [1.54, 1.807) is 11.8 Å². The molecule has 4 N–H and O–H groups in total. The molecular formula is C24H30O4S. The highest BCUT2D eigenvalue weighted by Gasteiger charge is 2.43. The zero-order chi connectivity index (χ0) is 20.5. The van der Waals surface area contributed by atoms with E-state index < -0.39 is 24.2 Å². The van der Waals surface area contributed by atoms with Gasteiger partial charge >= 0.3 is 0 Å². The van der Waals surface area contributed by atoms with Gasteiger partial charge < -0.3 is 20.4 Å². The molecule has 5 heteroatoms. The van der Waals surface area contributed by atoms with Gasteiger partial charge in [0.05, 0.1) is 12.2 Å². The van der Waals surface area contributed by atoms with Crippen LogP contribution >= 0.6 is 11.8 Å².